The highest BCUT2D eigenvalue weighted by atomic mass is 16.5. The smallest absolute Gasteiger partial charge is 0.295 e. The number of ketones is 1. The van der Waals surface area contributed by atoms with Gasteiger partial charge in [-0.3, -0.25) is 9.59 Å². The quantitative estimate of drug-likeness (QED) is 0.210. The molecule has 2 aromatic carbocycles. The molecule has 1 heterocycles. The maximum Gasteiger partial charge on any atom is 0.295 e. The second kappa shape index (κ2) is 12.0. The minimum atomic E-state index is -0.641. The third-order valence-corrected chi connectivity index (χ3v) is 6.45. The van der Waals surface area contributed by atoms with E-state index in [1.807, 2.05) is 57.4 Å². The summed E-state index contributed by atoms with van der Waals surface area (Å²) in [5, 5.41) is 11.3. The van der Waals surface area contributed by atoms with Crippen LogP contribution in [0.1, 0.15) is 61.4 Å². The summed E-state index contributed by atoms with van der Waals surface area (Å²) in [4.78, 5) is 30.0. The van der Waals surface area contributed by atoms with Gasteiger partial charge in [-0.25, -0.2) is 0 Å². The molecule has 2 aromatic rings. The number of carbonyl (C=O) groups is 2. The Bertz CT molecular complexity index is 1070. The molecule has 1 N–H and O–H groups in total. The number of nitrogens with zero attached hydrogens (tertiary/aromatic N) is 2. The predicted molar refractivity (Wildman–Crippen MR) is 140 cm³/mol. The lowest BCUT2D eigenvalue weighted by Crippen LogP contribution is -2.32. The maximum absolute atomic E-state index is 13.2. The number of aliphatic hydroxyl groups is 1. The van der Waals surface area contributed by atoms with Crippen LogP contribution in [0.5, 0.6) is 5.75 Å². The summed E-state index contributed by atoms with van der Waals surface area (Å²) < 4.78 is 5.84. The van der Waals surface area contributed by atoms with Crippen molar-refractivity contribution in [1.29, 1.82) is 0 Å². The fourth-order valence-electron chi connectivity index (χ4n) is 4.39. The molecule has 1 saturated heterocycles. The molecule has 6 nitrogen and oxygen atoms in total. The summed E-state index contributed by atoms with van der Waals surface area (Å²) in [5.74, 6) is -0.596. The average molecular weight is 479 g/mol. The molecule has 0 radical (unpaired) electrons. The number of benzene rings is 2. The maximum atomic E-state index is 13.2. The Morgan fingerprint density at radius 1 is 1.06 bits per heavy atom. The zero-order valence-corrected chi connectivity index (χ0v) is 21.6. The number of Topliss-reactive ketones (excluding diaryl/α,β-unsaturated/α-hetero) is 1. The Morgan fingerprint density at radius 2 is 1.77 bits per heavy atom. The number of aliphatic hydroxyl groups excluding tert-OH is 1. The molecule has 1 amide bonds. The standard InChI is InChI=1S/C29H38N2O4/c1-6-8-18-35-24-15-14-23(19-20(24)3)27(32)25-26(22-12-10-21(7-2)11-13-22)31(29(34)28(25)33)17-9-16-30(4)5/h10-15,19,26,32H,6-9,16-18H2,1-5H3/t26-/m0/s1. The van der Waals surface area contributed by atoms with Crippen molar-refractivity contribution in [2.24, 2.45) is 0 Å². The van der Waals surface area contributed by atoms with Crippen molar-refractivity contribution in [3.8, 4) is 5.75 Å². The molecule has 0 unspecified atom stereocenters. The van der Waals surface area contributed by atoms with Gasteiger partial charge in [-0.05, 0) is 81.7 Å². The van der Waals surface area contributed by atoms with Gasteiger partial charge < -0.3 is 19.6 Å². The summed E-state index contributed by atoms with van der Waals surface area (Å²) >= 11 is 0. The zero-order chi connectivity index (χ0) is 25.5. The van der Waals surface area contributed by atoms with Crippen molar-refractivity contribution >= 4 is 17.4 Å². The van der Waals surface area contributed by atoms with E-state index in [1.165, 1.54) is 5.56 Å². The number of carbonyl (C=O) groups excluding carboxylic acids is 2. The van der Waals surface area contributed by atoms with Crippen LogP contribution in [0.2, 0.25) is 0 Å². The molecule has 0 aromatic heterocycles. The van der Waals surface area contributed by atoms with Gasteiger partial charge in [0, 0.05) is 12.1 Å². The third-order valence-electron chi connectivity index (χ3n) is 6.45. The zero-order valence-electron chi connectivity index (χ0n) is 21.6. The second-order valence-electron chi connectivity index (χ2n) is 9.43. The number of aryl methyl sites for hydroxylation is 2. The minimum absolute atomic E-state index is 0.142. The van der Waals surface area contributed by atoms with Crippen LogP contribution in [0.4, 0.5) is 0 Å². The van der Waals surface area contributed by atoms with Crippen LogP contribution in [-0.2, 0) is 16.0 Å². The lowest BCUT2D eigenvalue weighted by molar-refractivity contribution is -0.139. The Hall–Kier alpha value is -3.12. The summed E-state index contributed by atoms with van der Waals surface area (Å²) in [6.07, 6.45) is 3.64. The third kappa shape index (κ3) is 6.12. The normalized spacial score (nSPS) is 17.4. The molecule has 3 rings (SSSR count). The van der Waals surface area contributed by atoms with Crippen molar-refractivity contribution in [1.82, 2.24) is 9.80 Å². The minimum Gasteiger partial charge on any atom is -0.507 e. The van der Waals surface area contributed by atoms with Crippen molar-refractivity contribution in [2.45, 2.75) is 52.5 Å². The van der Waals surface area contributed by atoms with Gasteiger partial charge in [-0.2, -0.15) is 0 Å². The van der Waals surface area contributed by atoms with Crippen LogP contribution in [0.15, 0.2) is 48.0 Å². The highest BCUT2D eigenvalue weighted by Gasteiger charge is 2.45. The molecule has 1 aliphatic heterocycles. The first-order valence-corrected chi connectivity index (χ1v) is 12.5. The van der Waals surface area contributed by atoms with Crippen LogP contribution >= 0.6 is 0 Å². The Balaban J connectivity index is 2.02. The SMILES string of the molecule is CCCCOc1ccc(C(O)=C2C(=O)C(=O)N(CCCN(C)C)[C@H]2c2ccc(CC)cc2)cc1C. The summed E-state index contributed by atoms with van der Waals surface area (Å²) in [6.45, 7) is 7.97. The summed E-state index contributed by atoms with van der Waals surface area (Å²) in [5.41, 5.74) is 3.51. The number of ether oxygens (including phenoxy) is 1. The number of likely N-dealkylation sites (tertiary alicyclic amines) is 1. The predicted octanol–water partition coefficient (Wildman–Crippen LogP) is 5.11. The van der Waals surface area contributed by atoms with Gasteiger partial charge >= 0.3 is 0 Å². The second-order valence-corrected chi connectivity index (χ2v) is 9.43. The number of hydrogen-bond acceptors (Lipinski definition) is 5. The van der Waals surface area contributed by atoms with E-state index < -0.39 is 17.7 Å². The molecular formula is C29H38N2O4. The molecular weight excluding hydrogens is 440 g/mol. The fraction of sp³-hybridized carbons (Fsp3) is 0.448. The van der Waals surface area contributed by atoms with Crippen LogP contribution in [0.25, 0.3) is 5.76 Å². The number of unbranched alkanes of at least 4 members (excludes halogenated alkanes) is 1. The Kier molecular flexibility index (Phi) is 9.10. The topological polar surface area (TPSA) is 70.1 Å². The van der Waals surface area contributed by atoms with Gasteiger partial charge in [-0.1, -0.05) is 44.5 Å². The van der Waals surface area contributed by atoms with E-state index in [-0.39, 0.29) is 11.3 Å². The monoisotopic (exact) mass is 478 g/mol. The van der Waals surface area contributed by atoms with Gasteiger partial charge in [0.2, 0.25) is 0 Å². The van der Waals surface area contributed by atoms with Gasteiger partial charge in [0.25, 0.3) is 11.7 Å². The molecule has 35 heavy (non-hydrogen) atoms. The van der Waals surface area contributed by atoms with Gasteiger partial charge in [0.1, 0.15) is 11.5 Å². The molecule has 1 atom stereocenters. The number of rotatable bonds is 11. The molecule has 1 aliphatic rings. The van der Waals surface area contributed by atoms with Gasteiger partial charge in [0.15, 0.2) is 0 Å². The first kappa shape index (κ1) is 26.5. The molecule has 0 aliphatic carbocycles. The Morgan fingerprint density at radius 3 is 2.37 bits per heavy atom. The first-order valence-electron chi connectivity index (χ1n) is 12.5. The lowest BCUT2D eigenvalue weighted by Gasteiger charge is -2.26. The van der Waals surface area contributed by atoms with Crippen LogP contribution in [-0.4, -0.2) is 60.4 Å². The van der Waals surface area contributed by atoms with Crippen LogP contribution < -0.4 is 4.74 Å². The fourth-order valence-corrected chi connectivity index (χ4v) is 4.39. The van der Waals surface area contributed by atoms with Crippen LogP contribution in [0, 0.1) is 6.92 Å². The van der Waals surface area contributed by atoms with Crippen LogP contribution in [0.3, 0.4) is 0 Å². The highest BCUT2D eigenvalue weighted by molar-refractivity contribution is 6.46. The molecule has 1 fully saturated rings. The van der Waals surface area contributed by atoms with Crippen molar-refractivity contribution in [3.63, 3.8) is 0 Å². The molecule has 0 spiro atoms. The number of hydrogen-bond donors (Lipinski definition) is 1. The summed E-state index contributed by atoms with van der Waals surface area (Å²) in [7, 11) is 3.96. The average Bonchev–Trinajstić information content (AvgIpc) is 3.09. The largest absolute Gasteiger partial charge is 0.507 e. The van der Waals surface area contributed by atoms with Gasteiger partial charge in [-0.15, -0.1) is 0 Å². The molecule has 6 heteroatoms. The molecule has 0 bridgehead atoms. The molecule has 0 saturated carbocycles. The Labute approximate surface area is 209 Å². The van der Waals surface area contributed by atoms with E-state index in [2.05, 4.69) is 18.7 Å². The van der Waals surface area contributed by atoms with Crippen molar-refractivity contribution < 1.29 is 19.4 Å². The van der Waals surface area contributed by atoms with E-state index >= 15 is 0 Å². The lowest BCUT2D eigenvalue weighted by atomic mass is 9.94. The molecule has 188 valence electrons. The van der Waals surface area contributed by atoms with Crippen molar-refractivity contribution in [2.75, 3.05) is 33.8 Å². The van der Waals surface area contributed by atoms with E-state index in [0.29, 0.717) is 18.7 Å². The number of amides is 1. The van der Waals surface area contributed by atoms with E-state index in [0.717, 1.165) is 49.1 Å². The van der Waals surface area contributed by atoms with Crippen molar-refractivity contribution in [3.05, 3.63) is 70.3 Å². The highest BCUT2D eigenvalue weighted by Crippen LogP contribution is 2.40. The van der Waals surface area contributed by atoms with E-state index in [1.54, 1.807) is 11.0 Å². The van der Waals surface area contributed by atoms with Gasteiger partial charge in [0.05, 0.1) is 18.2 Å². The first-order chi connectivity index (χ1) is 16.8. The van der Waals surface area contributed by atoms with E-state index in [4.69, 9.17) is 4.74 Å². The van der Waals surface area contributed by atoms with E-state index in [9.17, 15) is 14.7 Å². The summed E-state index contributed by atoms with van der Waals surface area (Å²) in [6, 6.07) is 12.7.